The van der Waals surface area contributed by atoms with Crippen molar-refractivity contribution in [2.45, 2.75) is 90.8 Å². The van der Waals surface area contributed by atoms with Crippen molar-refractivity contribution in [3.8, 4) is 0 Å². The third-order valence-corrected chi connectivity index (χ3v) is 11.2. The van der Waals surface area contributed by atoms with Gasteiger partial charge in [-0.05, 0) is 110 Å². The lowest BCUT2D eigenvalue weighted by Crippen LogP contribution is -2.58. The molecule has 4 heteroatoms. The maximum atomic E-state index is 11.4. The van der Waals surface area contributed by atoms with Crippen molar-refractivity contribution in [2.75, 3.05) is 0 Å². The van der Waals surface area contributed by atoms with Gasteiger partial charge in [0.05, 0.1) is 18.1 Å². The second-order valence-electron chi connectivity index (χ2n) is 12.2. The largest absolute Gasteiger partial charge is 0.481 e. The van der Waals surface area contributed by atoms with Gasteiger partial charge in [0, 0.05) is 0 Å². The summed E-state index contributed by atoms with van der Waals surface area (Å²) in [6.45, 7) is 7.26. The molecule has 0 heterocycles. The second-order valence-corrected chi connectivity index (χ2v) is 12.2. The van der Waals surface area contributed by atoms with E-state index in [1.165, 1.54) is 25.7 Å². The van der Waals surface area contributed by atoms with E-state index in [-0.39, 0.29) is 29.0 Å². The van der Waals surface area contributed by atoms with Gasteiger partial charge in [-0.25, -0.2) is 0 Å². The summed E-state index contributed by atoms with van der Waals surface area (Å²) in [7, 11) is 0. The molecule has 29 heavy (non-hydrogen) atoms. The fourth-order valence-corrected chi connectivity index (χ4v) is 9.48. The Morgan fingerprint density at radius 2 is 1.62 bits per heavy atom. The molecule has 0 spiro atoms. The molecule has 0 aromatic carbocycles. The van der Waals surface area contributed by atoms with Crippen molar-refractivity contribution in [3.63, 3.8) is 0 Å². The summed E-state index contributed by atoms with van der Waals surface area (Å²) >= 11 is 0. The van der Waals surface area contributed by atoms with E-state index in [0.717, 1.165) is 32.1 Å². The maximum Gasteiger partial charge on any atom is 0.306 e. The Morgan fingerprint density at radius 3 is 2.31 bits per heavy atom. The summed E-state index contributed by atoms with van der Waals surface area (Å²) in [4.78, 5) is 11.4. The van der Waals surface area contributed by atoms with E-state index in [4.69, 9.17) is 0 Å². The Hall–Kier alpha value is -0.610. The Morgan fingerprint density at radius 1 is 0.931 bits per heavy atom. The molecule has 5 aliphatic carbocycles. The molecule has 0 aromatic heterocycles. The number of aliphatic hydroxyl groups excluding tert-OH is 2. The highest BCUT2D eigenvalue weighted by Crippen LogP contribution is 2.69. The first kappa shape index (κ1) is 20.3. The zero-order chi connectivity index (χ0) is 20.7. The van der Waals surface area contributed by atoms with Gasteiger partial charge in [0.15, 0.2) is 0 Å². The first-order valence-electron chi connectivity index (χ1n) is 12.3. The van der Waals surface area contributed by atoms with E-state index >= 15 is 0 Å². The van der Waals surface area contributed by atoms with E-state index in [2.05, 4.69) is 20.8 Å². The number of carboxylic acids is 1. The van der Waals surface area contributed by atoms with Crippen LogP contribution in [0, 0.1) is 58.2 Å². The van der Waals surface area contributed by atoms with E-state index in [1.807, 2.05) is 0 Å². The zero-order valence-corrected chi connectivity index (χ0v) is 18.4. The molecule has 0 aromatic rings. The second kappa shape index (κ2) is 6.69. The molecule has 5 saturated carbocycles. The van der Waals surface area contributed by atoms with E-state index in [9.17, 15) is 20.1 Å². The van der Waals surface area contributed by atoms with E-state index in [1.54, 1.807) is 0 Å². The molecule has 5 fully saturated rings. The van der Waals surface area contributed by atoms with Crippen LogP contribution >= 0.6 is 0 Å². The lowest BCUT2D eigenvalue weighted by Gasteiger charge is -2.62. The molecule has 0 radical (unpaired) electrons. The van der Waals surface area contributed by atoms with Crippen LogP contribution in [-0.2, 0) is 4.79 Å². The fourth-order valence-electron chi connectivity index (χ4n) is 9.48. The van der Waals surface area contributed by atoms with Gasteiger partial charge < -0.3 is 15.3 Å². The maximum absolute atomic E-state index is 11.4. The molecule has 12 atom stereocenters. The number of aliphatic carboxylic acids is 1. The van der Waals surface area contributed by atoms with Gasteiger partial charge >= 0.3 is 5.97 Å². The smallest absolute Gasteiger partial charge is 0.306 e. The van der Waals surface area contributed by atoms with Crippen molar-refractivity contribution in [1.82, 2.24) is 0 Å². The molecule has 5 aliphatic rings. The molecule has 164 valence electrons. The van der Waals surface area contributed by atoms with Crippen LogP contribution in [0.2, 0.25) is 0 Å². The van der Waals surface area contributed by atoms with Crippen molar-refractivity contribution in [2.24, 2.45) is 58.2 Å². The molecule has 0 amide bonds. The summed E-state index contributed by atoms with van der Waals surface area (Å²) in [5.41, 5.74) is 0.531. The van der Waals surface area contributed by atoms with Crippen molar-refractivity contribution >= 4 is 5.97 Å². The fraction of sp³-hybridized carbons (Fsp3) is 0.960. The summed E-state index contributed by atoms with van der Waals surface area (Å²) in [5, 5.41) is 30.9. The predicted octanol–water partition coefficient (Wildman–Crippen LogP) is 4.33. The highest BCUT2D eigenvalue weighted by atomic mass is 16.4. The number of hydrogen-bond acceptors (Lipinski definition) is 3. The van der Waals surface area contributed by atoms with Gasteiger partial charge in [0.25, 0.3) is 0 Å². The molecule has 0 bridgehead atoms. The molecular formula is C25H40O4. The average molecular weight is 405 g/mol. The Kier molecular flexibility index (Phi) is 4.68. The van der Waals surface area contributed by atoms with Gasteiger partial charge in [0.2, 0.25) is 0 Å². The quantitative estimate of drug-likeness (QED) is 0.654. The molecule has 4 nitrogen and oxygen atoms in total. The zero-order valence-electron chi connectivity index (χ0n) is 18.4. The van der Waals surface area contributed by atoms with Crippen molar-refractivity contribution in [3.05, 3.63) is 0 Å². The lowest BCUT2D eigenvalue weighted by molar-refractivity contribution is -0.174. The SMILES string of the molecule is C[C@@H](C1CCC2C3C(O)C[C@@H]4C[C@H](O)CC[C@]4(C)C3CC[C@@]21C)[C@@H]1C[C@H]1C(=O)O. The molecule has 0 aliphatic heterocycles. The molecule has 3 N–H and O–H groups in total. The molecule has 5 rings (SSSR count). The van der Waals surface area contributed by atoms with Gasteiger partial charge in [-0.1, -0.05) is 20.8 Å². The standard InChI is InChI=1S/C25H40O4/c1-13(16-12-17(16)23(28)29)18-4-5-19-22-20(7-9-25(18,19)3)24(2)8-6-15(26)10-14(24)11-21(22)27/h13-22,26-27H,4-12H2,1-3H3,(H,28,29)/t13-,14+,15-,16+,17-,18?,19?,20?,21?,22?,24+,25-/m1/s1. The van der Waals surface area contributed by atoms with Gasteiger partial charge in [-0.2, -0.15) is 0 Å². The number of fused-ring (bicyclic) bond motifs is 5. The lowest BCUT2D eigenvalue weighted by atomic mass is 9.43. The number of carboxylic acid groups (broad SMARTS) is 1. The van der Waals surface area contributed by atoms with Gasteiger partial charge in [-0.3, -0.25) is 4.79 Å². The number of hydrogen-bond donors (Lipinski definition) is 3. The predicted molar refractivity (Wildman–Crippen MR) is 111 cm³/mol. The average Bonchev–Trinajstić information content (AvgIpc) is 3.39. The van der Waals surface area contributed by atoms with Gasteiger partial charge in [-0.15, -0.1) is 0 Å². The highest BCUT2D eigenvalue weighted by Gasteiger charge is 2.64. The minimum Gasteiger partial charge on any atom is -0.481 e. The van der Waals surface area contributed by atoms with Crippen molar-refractivity contribution in [1.29, 1.82) is 0 Å². The highest BCUT2D eigenvalue weighted by molar-refractivity contribution is 5.73. The summed E-state index contributed by atoms with van der Waals surface area (Å²) in [6, 6.07) is 0. The third kappa shape index (κ3) is 2.87. The summed E-state index contributed by atoms with van der Waals surface area (Å²) < 4.78 is 0. The normalized spacial score (nSPS) is 57.3. The van der Waals surface area contributed by atoms with Crippen LogP contribution in [0.4, 0.5) is 0 Å². The van der Waals surface area contributed by atoms with Gasteiger partial charge in [0.1, 0.15) is 0 Å². The van der Waals surface area contributed by atoms with Crippen LogP contribution in [-0.4, -0.2) is 33.5 Å². The number of rotatable bonds is 3. The Labute approximate surface area is 175 Å². The monoisotopic (exact) mass is 404 g/mol. The van der Waals surface area contributed by atoms with Crippen LogP contribution in [0.15, 0.2) is 0 Å². The Bertz CT molecular complexity index is 678. The summed E-state index contributed by atoms with van der Waals surface area (Å²) in [6.07, 6.45) is 9.08. The minimum absolute atomic E-state index is 0.113. The molecule has 0 saturated heterocycles. The van der Waals surface area contributed by atoms with Crippen LogP contribution in [0.5, 0.6) is 0 Å². The number of aliphatic hydroxyl groups is 2. The van der Waals surface area contributed by atoms with E-state index in [0.29, 0.717) is 41.4 Å². The molecule has 5 unspecified atom stereocenters. The number of carbonyl (C=O) groups is 1. The molecular weight excluding hydrogens is 364 g/mol. The Balaban J connectivity index is 1.39. The first-order valence-corrected chi connectivity index (χ1v) is 12.3. The van der Waals surface area contributed by atoms with Crippen LogP contribution < -0.4 is 0 Å². The van der Waals surface area contributed by atoms with Crippen molar-refractivity contribution < 1.29 is 20.1 Å². The van der Waals surface area contributed by atoms with E-state index < -0.39 is 5.97 Å². The third-order valence-electron chi connectivity index (χ3n) is 11.2. The topological polar surface area (TPSA) is 77.8 Å². The first-order chi connectivity index (χ1) is 13.7. The van der Waals surface area contributed by atoms with Crippen LogP contribution in [0.1, 0.15) is 78.6 Å². The summed E-state index contributed by atoms with van der Waals surface area (Å²) in [5.74, 6) is 2.76. The van der Waals surface area contributed by atoms with Crippen LogP contribution in [0.3, 0.4) is 0 Å². The minimum atomic E-state index is -0.605. The van der Waals surface area contributed by atoms with Crippen LogP contribution in [0.25, 0.3) is 0 Å².